The molecule has 424 valence electrons. The Bertz CT molecular complexity index is 1310. The highest BCUT2D eigenvalue weighted by Gasteiger charge is 2.19. The lowest BCUT2D eigenvalue weighted by molar-refractivity contribution is -0.167. The molecule has 6 nitrogen and oxygen atoms in total. The number of hydrogen-bond acceptors (Lipinski definition) is 6. The van der Waals surface area contributed by atoms with Gasteiger partial charge in [0.15, 0.2) is 6.10 Å². The Balaban J connectivity index is 4.20. The van der Waals surface area contributed by atoms with Gasteiger partial charge in [0.1, 0.15) is 13.2 Å². The van der Waals surface area contributed by atoms with Gasteiger partial charge < -0.3 is 14.2 Å². The number of carbonyl (C=O) groups excluding carboxylic acids is 3. The van der Waals surface area contributed by atoms with Gasteiger partial charge in [0.2, 0.25) is 0 Å². The molecule has 6 heteroatoms. The van der Waals surface area contributed by atoms with Crippen molar-refractivity contribution in [1.82, 2.24) is 0 Å². The largest absolute Gasteiger partial charge is 0.462 e. The van der Waals surface area contributed by atoms with E-state index in [1.54, 1.807) is 0 Å². The van der Waals surface area contributed by atoms with Crippen molar-refractivity contribution in [2.24, 2.45) is 0 Å². The summed E-state index contributed by atoms with van der Waals surface area (Å²) >= 11 is 0. The van der Waals surface area contributed by atoms with E-state index in [9.17, 15) is 14.4 Å². The fraction of sp³-hybridized carbons (Fsp3) is 0.806. The molecule has 73 heavy (non-hydrogen) atoms. The lowest BCUT2D eigenvalue weighted by atomic mass is 10.0. The van der Waals surface area contributed by atoms with Gasteiger partial charge in [-0.25, -0.2) is 0 Å². The zero-order valence-electron chi connectivity index (χ0n) is 48.7. The Morgan fingerprint density at radius 3 is 0.890 bits per heavy atom. The molecule has 0 radical (unpaired) electrons. The summed E-state index contributed by atoms with van der Waals surface area (Å²) in [5.41, 5.74) is 0. The number of rotatable bonds is 58. The van der Waals surface area contributed by atoms with Crippen LogP contribution in [-0.2, 0) is 28.6 Å². The molecule has 0 amide bonds. The second-order valence-electron chi connectivity index (χ2n) is 21.3. The second-order valence-corrected chi connectivity index (χ2v) is 21.3. The average molecular weight is 1020 g/mol. The lowest BCUT2D eigenvalue weighted by Crippen LogP contribution is -2.30. The van der Waals surface area contributed by atoms with Crippen molar-refractivity contribution in [3.05, 3.63) is 60.8 Å². The predicted molar refractivity (Wildman–Crippen MR) is 316 cm³/mol. The highest BCUT2D eigenvalue weighted by Crippen LogP contribution is 2.17. The topological polar surface area (TPSA) is 78.9 Å². The third-order valence-electron chi connectivity index (χ3n) is 14.0. The van der Waals surface area contributed by atoms with Gasteiger partial charge in [-0.1, -0.05) is 293 Å². The molecule has 0 aromatic carbocycles. The molecular weight excluding hydrogens is 901 g/mol. The minimum Gasteiger partial charge on any atom is -0.462 e. The SMILES string of the molecule is CC/C=C\C/C=C\C/C=C\C/C=C\CCCCCCCCCCCCCCCCC(=O)OCC(COC(=O)CCCCCCC/C=C\CCCC)OC(=O)CCCCCCCCCCCCCCCCCCC. The van der Waals surface area contributed by atoms with E-state index in [0.717, 1.165) is 89.9 Å². The summed E-state index contributed by atoms with van der Waals surface area (Å²) in [6.45, 7) is 6.53. The van der Waals surface area contributed by atoms with Crippen LogP contribution < -0.4 is 0 Å². The molecule has 0 heterocycles. The summed E-state index contributed by atoms with van der Waals surface area (Å²) in [4.78, 5) is 38.2. The average Bonchev–Trinajstić information content (AvgIpc) is 3.39. The van der Waals surface area contributed by atoms with E-state index in [1.165, 1.54) is 199 Å². The Morgan fingerprint density at radius 2 is 0.548 bits per heavy atom. The predicted octanol–water partition coefficient (Wildman–Crippen LogP) is 21.6. The monoisotopic (exact) mass is 1020 g/mol. The standard InChI is InChI=1S/C67H120O6/c1-4-7-10-13-16-19-22-24-26-28-29-30-31-32-33-34-35-36-37-39-40-42-45-48-51-54-57-60-66(69)72-63-64(62-71-65(68)59-56-53-50-47-44-21-18-15-12-9-6-3)73-67(70)61-58-55-52-49-46-43-41-38-27-25-23-20-17-14-11-8-5-2/h7,10,15-16,18-19,24,26,29-30,64H,4-6,8-9,11-14,17,20-23,25,27-28,31-63H2,1-3H3/b10-7-,18-15-,19-16-,26-24-,30-29-. The molecule has 0 aliphatic heterocycles. The molecule has 0 saturated heterocycles. The number of ether oxygens (including phenoxy) is 3. The number of esters is 3. The van der Waals surface area contributed by atoms with Crippen molar-refractivity contribution in [3.8, 4) is 0 Å². The van der Waals surface area contributed by atoms with Gasteiger partial charge in [0.25, 0.3) is 0 Å². The van der Waals surface area contributed by atoms with Crippen molar-refractivity contribution in [3.63, 3.8) is 0 Å². The summed E-state index contributed by atoms with van der Waals surface area (Å²) in [6.07, 6.45) is 78.1. The van der Waals surface area contributed by atoms with Crippen LogP contribution in [0.3, 0.4) is 0 Å². The van der Waals surface area contributed by atoms with Gasteiger partial charge in [0.05, 0.1) is 0 Å². The van der Waals surface area contributed by atoms with Crippen LogP contribution >= 0.6 is 0 Å². The molecular formula is C67H120O6. The number of unbranched alkanes of at least 4 members (excludes halogenated alkanes) is 37. The molecule has 1 atom stereocenters. The third-order valence-corrected chi connectivity index (χ3v) is 14.0. The Labute approximate surface area is 453 Å². The van der Waals surface area contributed by atoms with Crippen LogP contribution in [0, 0.1) is 0 Å². The molecule has 0 aliphatic carbocycles. The highest BCUT2D eigenvalue weighted by molar-refractivity contribution is 5.71. The van der Waals surface area contributed by atoms with Crippen molar-refractivity contribution in [2.75, 3.05) is 13.2 Å². The van der Waals surface area contributed by atoms with E-state index < -0.39 is 6.10 Å². The van der Waals surface area contributed by atoms with Gasteiger partial charge in [-0.15, -0.1) is 0 Å². The van der Waals surface area contributed by atoms with Crippen LogP contribution in [-0.4, -0.2) is 37.2 Å². The maximum atomic E-state index is 12.9. The second kappa shape index (κ2) is 61.7. The maximum absolute atomic E-state index is 12.9. The van der Waals surface area contributed by atoms with Crippen LogP contribution in [0.2, 0.25) is 0 Å². The molecule has 1 unspecified atom stereocenters. The minimum atomic E-state index is -0.774. The smallest absolute Gasteiger partial charge is 0.306 e. The molecule has 0 N–H and O–H groups in total. The lowest BCUT2D eigenvalue weighted by Gasteiger charge is -2.18. The van der Waals surface area contributed by atoms with E-state index in [2.05, 4.69) is 81.5 Å². The first-order chi connectivity index (χ1) is 36.0. The Kier molecular flexibility index (Phi) is 59.2. The first-order valence-electron chi connectivity index (χ1n) is 31.8. The van der Waals surface area contributed by atoms with Crippen molar-refractivity contribution in [2.45, 2.75) is 335 Å². The molecule has 0 saturated carbocycles. The number of allylic oxidation sites excluding steroid dienone is 10. The molecule has 0 aromatic rings. The highest BCUT2D eigenvalue weighted by atomic mass is 16.6. The van der Waals surface area contributed by atoms with Crippen molar-refractivity contribution in [1.29, 1.82) is 0 Å². The van der Waals surface area contributed by atoms with Crippen LogP contribution in [0.15, 0.2) is 60.8 Å². The number of hydrogen-bond donors (Lipinski definition) is 0. The summed E-state index contributed by atoms with van der Waals surface area (Å²) in [7, 11) is 0. The molecule has 0 fully saturated rings. The Hall–Kier alpha value is -2.89. The number of carbonyl (C=O) groups is 3. The zero-order valence-corrected chi connectivity index (χ0v) is 48.7. The Morgan fingerprint density at radius 1 is 0.288 bits per heavy atom. The van der Waals surface area contributed by atoms with E-state index >= 15 is 0 Å². The normalized spacial score (nSPS) is 12.4. The van der Waals surface area contributed by atoms with E-state index in [0.29, 0.717) is 19.3 Å². The zero-order chi connectivity index (χ0) is 52.9. The van der Waals surface area contributed by atoms with Gasteiger partial charge in [-0.3, -0.25) is 14.4 Å². The maximum Gasteiger partial charge on any atom is 0.306 e. The van der Waals surface area contributed by atoms with Gasteiger partial charge in [0, 0.05) is 19.3 Å². The van der Waals surface area contributed by atoms with Crippen LogP contribution in [0.5, 0.6) is 0 Å². The molecule has 0 aromatic heterocycles. The van der Waals surface area contributed by atoms with Crippen LogP contribution in [0.25, 0.3) is 0 Å². The fourth-order valence-corrected chi connectivity index (χ4v) is 9.24. The van der Waals surface area contributed by atoms with E-state index in [1.807, 2.05) is 0 Å². The molecule has 0 spiro atoms. The van der Waals surface area contributed by atoms with Crippen molar-refractivity contribution < 1.29 is 28.6 Å². The summed E-state index contributed by atoms with van der Waals surface area (Å²) in [6, 6.07) is 0. The molecule has 0 bridgehead atoms. The summed E-state index contributed by atoms with van der Waals surface area (Å²) < 4.78 is 16.9. The van der Waals surface area contributed by atoms with E-state index in [4.69, 9.17) is 14.2 Å². The van der Waals surface area contributed by atoms with Gasteiger partial charge >= 0.3 is 17.9 Å². The first kappa shape index (κ1) is 70.1. The van der Waals surface area contributed by atoms with E-state index in [-0.39, 0.29) is 31.1 Å². The molecule has 0 rings (SSSR count). The quantitative estimate of drug-likeness (QED) is 0.0261. The van der Waals surface area contributed by atoms with Gasteiger partial charge in [-0.05, 0) is 77.0 Å². The first-order valence-corrected chi connectivity index (χ1v) is 31.8. The van der Waals surface area contributed by atoms with Crippen LogP contribution in [0.4, 0.5) is 0 Å². The minimum absolute atomic E-state index is 0.0729. The van der Waals surface area contributed by atoms with Crippen molar-refractivity contribution >= 4 is 17.9 Å². The van der Waals surface area contributed by atoms with Crippen LogP contribution in [0.1, 0.15) is 329 Å². The molecule has 0 aliphatic rings. The summed E-state index contributed by atoms with van der Waals surface area (Å²) in [5, 5.41) is 0. The third kappa shape index (κ3) is 59.9. The fourth-order valence-electron chi connectivity index (χ4n) is 9.24. The summed E-state index contributed by atoms with van der Waals surface area (Å²) in [5.74, 6) is -0.865. The van der Waals surface area contributed by atoms with Gasteiger partial charge in [-0.2, -0.15) is 0 Å².